The molecule has 0 saturated carbocycles. The van der Waals surface area contributed by atoms with Gasteiger partial charge in [-0.1, -0.05) is 6.05 Å². The lowest BCUT2D eigenvalue weighted by molar-refractivity contribution is -0.0917. The molecule has 5 heteroatoms. The molecule has 56 valence electrons. The highest BCUT2D eigenvalue weighted by Gasteiger charge is 2.29. The Hall–Kier alpha value is -0.445. The molecule has 0 amide bonds. The van der Waals surface area contributed by atoms with Gasteiger partial charge in [0.05, 0.1) is 1.37 Å². The Morgan fingerprint density at radius 1 is 1.80 bits per heavy atom. The average Bonchev–Trinajstić information content (AvgIpc) is 1.85. The van der Waals surface area contributed by atoms with E-state index in [0.29, 0.717) is 0 Å². The lowest BCUT2D eigenvalue weighted by atomic mass is 10.3. The quantitative estimate of drug-likeness (QED) is 0.430. The highest BCUT2D eigenvalue weighted by molar-refractivity contribution is 5.98. The van der Waals surface area contributed by atoms with E-state index in [0.717, 1.165) is 6.92 Å². The van der Waals surface area contributed by atoms with Crippen molar-refractivity contribution in [1.29, 1.82) is 0 Å². The maximum atomic E-state index is 11.7. The number of alkyl halides is 3. The number of hydrogen-bond donors (Lipinski definition) is 0. The molecule has 0 saturated heterocycles. The topological polar surface area (TPSA) is 9.23 Å². The largest absolute Gasteiger partial charge is 0.444 e. The first-order chi connectivity index (χ1) is 4.89. The van der Waals surface area contributed by atoms with E-state index in [9.17, 15) is 13.2 Å². The van der Waals surface area contributed by atoms with E-state index in [4.69, 9.17) is 1.37 Å². The summed E-state index contributed by atoms with van der Waals surface area (Å²) in [4.78, 5) is 0. The van der Waals surface area contributed by atoms with Gasteiger partial charge < -0.3 is 4.65 Å². The summed E-state index contributed by atoms with van der Waals surface area (Å²) in [5, 5.41) is 0. The minimum atomic E-state index is -4.46. The summed E-state index contributed by atoms with van der Waals surface area (Å²) in [7, 11) is 4.49. The second kappa shape index (κ2) is 3.66. The van der Waals surface area contributed by atoms with E-state index in [1.165, 1.54) is 0 Å². The number of rotatable bonds is 2. The monoisotopic (exact) mass is 151 g/mol. The molecule has 0 aliphatic rings. The van der Waals surface area contributed by atoms with Gasteiger partial charge in [0.15, 0.2) is 0 Å². The Labute approximate surface area is 59.7 Å². The van der Waals surface area contributed by atoms with Crippen LogP contribution >= 0.6 is 0 Å². The minimum absolute atomic E-state index is 0.522. The van der Waals surface area contributed by atoms with Crippen LogP contribution in [-0.2, 0) is 4.65 Å². The minimum Gasteiger partial charge on any atom is -0.444 e. The van der Waals surface area contributed by atoms with Gasteiger partial charge in [0.1, 0.15) is 0 Å². The molecule has 10 heavy (non-hydrogen) atoms. The van der Waals surface area contributed by atoms with Crippen LogP contribution < -0.4 is 0 Å². The molecule has 0 aromatic carbocycles. The van der Waals surface area contributed by atoms with E-state index in [2.05, 4.69) is 12.7 Å². The molecule has 0 rings (SSSR count). The van der Waals surface area contributed by atoms with Crippen LogP contribution in [0.4, 0.5) is 13.2 Å². The fourth-order valence-corrected chi connectivity index (χ4v) is 0.250. The second-order valence-electron chi connectivity index (χ2n) is 1.61. The summed E-state index contributed by atoms with van der Waals surface area (Å²) in [5.74, 6) is 0. The fraction of sp³-hybridized carbons (Fsp3) is 0.600. The Morgan fingerprint density at radius 2 is 2.30 bits per heavy atom. The van der Waals surface area contributed by atoms with Crippen molar-refractivity contribution in [2.75, 3.05) is 6.61 Å². The first-order valence-electron chi connectivity index (χ1n) is 2.94. The van der Waals surface area contributed by atoms with Gasteiger partial charge in [0.25, 0.3) is 8.05 Å². The third-order valence-corrected chi connectivity index (χ3v) is 0.846. The smallest absolute Gasteiger partial charge is 0.412 e. The fourth-order valence-electron chi connectivity index (χ4n) is 0.250. The number of halogens is 3. The second-order valence-corrected chi connectivity index (χ2v) is 1.61. The predicted molar refractivity (Wildman–Crippen MR) is 31.5 cm³/mol. The molecule has 0 spiro atoms. The molecule has 0 aromatic heterocycles. The van der Waals surface area contributed by atoms with E-state index < -0.39 is 24.4 Å². The molecule has 0 N–H and O–H groups in total. The van der Waals surface area contributed by atoms with Gasteiger partial charge in [-0.2, -0.15) is 13.2 Å². The van der Waals surface area contributed by atoms with Crippen molar-refractivity contribution in [3.8, 4) is 0 Å². The summed E-state index contributed by atoms with van der Waals surface area (Å²) in [5.41, 5.74) is -0.983. The van der Waals surface area contributed by atoms with Gasteiger partial charge in [-0.15, -0.1) is 0 Å². The van der Waals surface area contributed by atoms with E-state index >= 15 is 0 Å². The van der Waals surface area contributed by atoms with Crippen molar-refractivity contribution in [2.45, 2.75) is 13.1 Å². The zero-order chi connectivity index (χ0) is 9.07. The summed E-state index contributed by atoms with van der Waals surface area (Å²) in [6.45, 7) is 0.284. The Balaban J connectivity index is 4.39. The number of allylic oxidation sites excluding steroid dienone is 1. The Kier molecular flexibility index (Phi) is 2.80. The van der Waals surface area contributed by atoms with Gasteiger partial charge in [0.2, 0.25) is 0 Å². The van der Waals surface area contributed by atoms with Crippen molar-refractivity contribution < 1.29 is 19.2 Å². The molecular formula is C5H6BF3O. The first kappa shape index (κ1) is 7.66. The summed E-state index contributed by atoms with van der Waals surface area (Å²) in [6, 6.07) is -0.653. The van der Waals surface area contributed by atoms with Crippen LogP contribution in [0.2, 0.25) is 0 Å². The third kappa shape index (κ3) is 3.56. The summed E-state index contributed by atoms with van der Waals surface area (Å²) >= 11 is 0. The highest BCUT2D eigenvalue weighted by Crippen LogP contribution is 2.24. The van der Waals surface area contributed by atoms with Crippen molar-refractivity contribution in [3.63, 3.8) is 0 Å². The lowest BCUT2D eigenvalue weighted by Crippen LogP contribution is -2.09. The van der Waals surface area contributed by atoms with Gasteiger partial charge in [-0.3, -0.25) is 0 Å². The molecular weight excluding hydrogens is 144 g/mol. The zero-order valence-electron chi connectivity index (χ0n) is 6.33. The van der Waals surface area contributed by atoms with E-state index in [1.807, 2.05) is 0 Å². The first-order valence-corrected chi connectivity index (χ1v) is 2.44. The van der Waals surface area contributed by atoms with Crippen LogP contribution in [0.15, 0.2) is 11.6 Å². The molecule has 0 aromatic rings. The van der Waals surface area contributed by atoms with Gasteiger partial charge in [0, 0.05) is 12.2 Å². The van der Waals surface area contributed by atoms with Crippen LogP contribution in [0, 0.1) is 0 Å². The SMILES string of the molecule is [2H]/C(CO[B])=C(\C)C(F)(F)F. The molecule has 0 heterocycles. The molecule has 0 bridgehead atoms. The molecule has 0 aliphatic carbocycles. The predicted octanol–water partition coefficient (Wildman–Crippen LogP) is 1.60. The van der Waals surface area contributed by atoms with Crippen molar-refractivity contribution in [2.24, 2.45) is 0 Å². The van der Waals surface area contributed by atoms with E-state index in [1.54, 1.807) is 0 Å². The zero-order valence-corrected chi connectivity index (χ0v) is 5.33. The maximum absolute atomic E-state index is 11.7. The lowest BCUT2D eigenvalue weighted by Gasteiger charge is -2.05. The molecule has 2 radical (unpaired) electrons. The van der Waals surface area contributed by atoms with Crippen LogP contribution in [0.5, 0.6) is 0 Å². The van der Waals surface area contributed by atoms with Gasteiger partial charge in [-0.25, -0.2) is 0 Å². The highest BCUT2D eigenvalue weighted by atomic mass is 19.4. The molecule has 0 atom stereocenters. The standard InChI is InChI=1S/C5H6BF3O/c1-4(2-3-10-6)5(7,8)9/h2H,3H2,1H3/b4-2-/i2D. The van der Waals surface area contributed by atoms with Gasteiger partial charge >= 0.3 is 6.18 Å². The Bertz CT molecular complexity index is 166. The Morgan fingerprint density at radius 3 is 2.60 bits per heavy atom. The summed E-state index contributed by atoms with van der Waals surface area (Å²) in [6.07, 6.45) is -4.46. The molecule has 1 nitrogen and oxygen atoms in total. The molecule has 0 aliphatic heterocycles. The van der Waals surface area contributed by atoms with Crippen LogP contribution in [0.3, 0.4) is 0 Å². The summed E-state index contributed by atoms with van der Waals surface area (Å²) < 4.78 is 45.9. The maximum Gasteiger partial charge on any atom is 0.412 e. The number of hydrogen-bond acceptors (Lipinski definition) is 1. The molecule has 0 unspecified atom stereocenters. The van der Waals surface area contributed by atoms with Crippen LogP contribution in [-0.4, -0.2) is 20.8 Å². The van der Waals surface area contributed by atoms with E-state index in [-0.39, 0.29) is 0 Å². The van der Waals surface area contributed by atoms with Crippen LogP contribution in [0.25, 0.3) is 0 Å². The van der Waals surface area contributed by atoms with Gasteiger partial charge in [-0.05, 0) is 6.92 Å². The van der Waals surface area contributed by atoms with Crippen LogP contribution in [0.1, 0.15) is 8.29 Å². The van der Waals surface area contributed by atoms with Crippen molar-refractivity contribution in [3.05, 3.63) is 11.6 Å². The molecule has 0 fully saturated rings. The van der Waals surface area contributed by atoms with Crippen molar-refractivity contribution in [1.82, 2.24) is 0 Å². The van der Waals surface area contributed by atoms with Crippen molar-refractivity contribution >= 4 is 8.05 Å². The average molecular weight is 151 g/mol. The normalized spacial score (nSPS) is 16.2. The third-order valence-electron chi connectivity index (χ3n) is 0.846.